The molecule has 0 unspecified atom stereocenters. The van der Waals surface area contributed by atoms with Gasteiger partial charge in [-0.3, -0.25) is 4.79 Å². The van der Waals surface area contributed by atoms with E-state index in [1.54, 1.807) is 24.3 Å². The Labute approximate surface area is 266 Å². The summed E-state index contributed by atoms with van der Waals surface area (Å²) < 4.78 is 25.4. The van der Waals surface area contributed by atoms with E-state index in [1.807, 2.05) is 72.8 Å². The van der Waals surface area contributed by atoms with Crippen LogP contribution in [0.3, 0.4) is 0 Å². The maximum absolute atomic E-state index is 14.2. The number of imidazole rings is 1. The lowest BCUT2D eigenvalue weighted by atomic mass is 9.84. The molecule has 3 atom stereocenters. The van der Waals surface area contributed by atoms with Gasteiger partial charge in [-0.05, 0) is 47.7 Å². The quantitative estimate of drug-likeness (QED) is 0.195. The molecule has 2 heterocycles. The number of aromatic nitrogens is 2. The number of H-pyrrole nitrogens is 1. The van der Waals surface area contributed by atoms with Gasteiger partial charge in [0.1, 0.15) is 11.3 Å². The zero-order chi connectivity index (χ0) is 32.0. The Morgan fingerprint density at radius 2 is 1.65 bits per heavy atom. The number of imide groups is 1. The number of nitrogens with two attached hydrogens (primary N) is 1. The number of carbonyl (C=O) groups excluding carboxylic acids is 2. The number of methoxy groups -OCH3 is 1. The number of rotatable bonds is 9. The van der Waals surface area contributed by atoms with Crippen LogP contribution in [0.2, 0.25) is 0 Å². The van der Waals surface area contributed by atoms with E-state index in [9.17, 15) is 14.0 Å². The van der Waals surface area contributed by atoms with Crippen LogP contribution in [-0.2, 0) is 20.7 Å². The summed E-state index contributed by atoms with van der Waals surface area (Å²) in [4.78, 5) is 36.1. The van der Waals surface area contributed by atoms with E-state index in [1.165, 1.54) is 13.2 Å². The molecule has 10 heteroatoms. The summed E-state index contributed by atoms with van der Waals surface area (Å²) in [5, 5.41) is 3.45. The first-order valence-corrected chi connectivity index (χ1v) is 15.3. The number of carbonyl (C=O) groups is 2. The van der Waals surface area contributed by atoms with Crippen molar-refractivity contribution in [1.29, 1.82) is 0 Å². The van der Waals surface area contributed by atoms with Crippen molar-refractivity contribution < 1.29 is 23.5 Å². The second-order valence-electron chi connectivity index (χ2n) is 11.3. The topological polar surface area (TPSA) is 123 Å². The number of halogens is 1. The second-order valence-corrected chi connectivity index (χ2v) is 11.3. The Bertz CT molecular complexity index is 1750. The van der Waals surface area contributed by atoms with Gasteiger partial charge in [-0.2, -0.15) is 0 Å². The number of amides is 2. The highest BCUT2D eigenvalue weighted by atomic mass is 19.1. The molecular formula is C36H36FN5O4. The Kier molecular flexibility index (Phi) is 9.49. The van der Waals surface area contributed by atoms with Gasteiger partial charge >= 0.3 is 6.09 Å². The first-order valence-electron chi connectivity index (χ1n) is 15.3. The molecule has 4 N–H and O–H groups in total. The summed E-state index contributed by atoms with van der Waals surface area (Å²) in [6.45, 7) is 0.905. The predicted octanol–water partition coefficient (Wildman–Crippen LogP) is 5.62. The molecule has 236 valence electrons. The molecule has 1 aliphatic rings. The zero-order valence-corrected chi connectivity index (χ0v) is 25.4. The lowest BCUT2D eigenvalue weighted by molar-refractivity contribution is -0.119. The Hall–Kier alpha value is -4.90. The van der Waals surface area contributed by atoms with Gasteiger partial charge in [0.15, 0.2) is 5.82 Å². The van der Waals surface area contributed by atoms with E-state index in [4.69, 9.17) is 15.2 Å². The van der Waals surface area contributed by atoms with Gasteiger partial charge in [-0.15, -0.1) is 0 Å². The molecule has 4 aromatic carbocycles. The maximum atomic E-state index is 14.2. The Balaban J connectivity index is 1.18. The number of aryl methyl sites for hydroxylation is 1. The minimum absolute atomic E-state index is 0.129. The van der Waals surface area contributed by atoms with Gasteiger partial charge in [0.25, 0.3) is 5.91 Å². The van der Waals surface area contributed by atoms with Crippen LogP contribution in [0.5, 0.6) is 0 Å². The minimum atomic E-state index is -1.08. The number of hydrogen-bond acceptors (Lipinski definition) is 7. The molecule has 2 amide bonds. The Morgan fingerprint density at radius 3 is 2.28 bits per heavy atom. The fourth-order valence-corrected chi connectivity index (χ4v) is 6.04. The van der Waals surface area contributed by atoms with Gasteiger partial charge in [0, 0.05) is 12.5 Å². The van der Waals surface area contributed by atoms with Gasteiger partial charge in [0.05, 0.1) is 43.1 Å². The van der Waals surface area contributed by atoms with Crippen molar-refractivity contribution in [3.63, 3.8) is 0 Å². The van der Waals surface area contributed by atoms with Crippen LogP contribution in [-0.4, -0.2) is 54.4 Å². The molecule has 0 radical (unpaired) electrons. The number of aromatic amines is 1. The van der Waals surface area contributed by atoms with E-state index in [2.05, 4.69) is 15.3 Å². The maximum Gasteiger partial charge on any atom is 0.420 e. The number of ether oxygens (including phenoxy) is 2. The fraction of sp³-hybridized carbons (Fsp3) is 0.250. The SMILES string of the molecule is COC(=O)N(C(=O)[C@@H](N)C(c1ccccc1)c1ccccc1)c1ccccc1CC[C@@H]1CN[C@H](c2nc3c(F)cccc3[nH]2)CO1. The lowest BCUT2D eigenvalue weighted by Gasteiger charge is -2.31. The molecule has 1 fully saturated rings. The highest BCUT2D eigenvalue weighted by Crippen LogP contribution is 2.31. The average molecular weight is 622 g/mol. The van der Waals surface area contributed by atoms with Gasteiger partial charge in [0.2, 0.25) is 0 Å². The smallest absolute Gasteiger partial charge is 0.420 e. The zero-order valence-electron chi connectivity index (χ0n) is 25.4. The van der Waals surface area contributed by atoms with E-state index < -0.39 is 24.0 Å². The minimum Gasteiger partial charge on any atom is -0.452 e. The second kappa shape index (κ2) is 14.0. The summed E-state index contributed by atoms with van der Waals surface area (Å²) in [5.41, 5.74) is 10.6. The third-order valence-corrected chi connectivity index (χ3v) is 8.41. The van der Waals surface area contributed by atoms with Crippen molar-refractivity contribution in [2.45, 2.75) is 36.9 Å². The third kappa shape index (κ3) is 6.55. The number of morpholine rings is 1. The van der Waals surface area contributed by atoms with Crippen molar-refractivity contribution in [2.75, 3.05) is 25.2 Å². The molecule has 1 aromatic heterocycles. The number of anilines is 1. The van der Waals surface area contributed by atoms with Crippen molar-refractivity contribution in [2.24, 2.45) is 5.73 Å². The molecule has 0 spiro atoms. The van der Waals surface area contributed by atoms with Crippen LogP contribution in [0.4, 0.5) is 14.9 Å². The molecule has 9 nitrogen and oxygen atoms in total. The number of nitrogens with zero attached hydrogens (tertiary/aromatic N) is 2. The van der Waals surface area contributed by atoms with Crippen molar-refractivity contribution in [3.05, 3.63) is 131 Å². The fourth-order valence-electron chi connectivity index (χ4n) is 6.04. The predicted molar refractivity (Wildman–Crippen MR) is 174 cm³/mol. The molecule has 0 saturated carbocycles. The van der Waals surface area contributed by atoms with Crippen LogP contribution in [0.15, 0.2) is 103 Å². The van der Waals surface area contributed by atoms with Crippen molar-refractivity contribution >= 4 is 28.7 Å². The van der Waals surface area contributed by atoms with Crippen LogP contribution >= 0.6 is 0 Å². The standard InChI is InChI=1S/C36H36FN5O4/c1-45-36(44)42(35(43)32(38)31(24-12-4-2-5-13-24)25-14-6-3-7-15-25)30-18-9-8-11-23(30)19-20-26-21-39-29(22-46-26)34-40-28-17-10-16-27(37)33(28)41-34/h2-18,26,29,31-32,39H,19-22,38H2,1H3,(H,40,41)/t26-,29+,32+/m1/s1. The van der Waals surface area contributed by atoms with E-state index in [-0.39, 0.29) is 18.0 Å². The van der Waals surface area contributed by atoms with Crippen LogP contribution in [0, 0.1) is 5.82 Å². The summed E-state index contributed by atoms with van der Waals surface area (Å²) in [5.74, 6) is -0.814. The highest BCUT2D eigenvalue weighted by molar-refractivity contribution is 6.15. The number of nitrogens with one attached hydrogen (secondary N) is 2. The monoisotopic (exact) mass is 621 g/mol. The highest BCUT2D eigenvalue weighted by Gasteiger charge is 2.36. The summed E-state index contributed by atoms with van der Waals surface area (Å²) in [6.07, 6.45) is 0.209. The van der Waals surface area contributed by atoms with Crippen molar-refractivity contribution in [1.82, 2.24) is 15.3 Å². The normalized spacial score (nSPS) is 17.1. The number of fused-ring (bicyclic) bond motifs is 1. The van der Waals surface area contributed by atoms with E-state index in [0.717, 1.165) is 21.6 Å². The van der Waals surface area contributed by atoms with Gasteiger partial charge < -0.3 is 25.5 Å². The van der Waals surface area contributed by atoms with Gasteiger partial charge in [-0.1, -0.05) is 84.9 Å². The van der Waals surface area contributed by atoms with E-state index >= 15 is 0 Å². The molecule has 1 aliphatic heterocycles. The van der Waals surface area contributed by atoms with Gasteiger partial charge in [-0.25, -0.2) is 19.1 Å². The summed E-state index contributed by atoms with van der Waals surface area (Å²) in [7, 11) is 1.25. The van der Waals surface area contributed by atoms with Crippen LogP contribution in [0.25, 0.3) is 11.0 Å². The summed E-state index contributed by atoms with van der Waals surface area (Å²) >= 11 is 0. The molecule has 5 aromatic rings. The van der Waals surface area contributed by atoms with Crippen molar-refractivity contribution in [3.8, 4) is 0 Å². The number of benzene rings is 4. The number of hydrogen-bond donors (Lipinski definition) is 3. The molecule has 46 heavy (non-hydrogen) atoms. The molecule has 1 saturated heterocycles. The third-order valence-electron chi connectivity index (χ3n) is 8.41. The lowest BCUT2D eigenvalue weighted by Crippen LogP contribution is -2.50. The van der Waals surface area contributed by atoms with Crippen LogP contribution in [0.1, 0.15) is 40.9 Å². The molecule has 6 rings (SSSR count). The average Bonchev–Trinajstić information content (AvgIpc) is 3.55. The largest absolute Gasteiger partial charge is 0.452 e. The first-order chi connectivity index (χ1) is 22.4. The van der Waals surface area contributed by atoms with E-state index in [0.29, 0.717) is 48.5 Å². The molecule has 0 aliphatic carbocycles. The Morgan fingerprint density at radius 1 is 0.978 bits per heavy atom. The number of para-hydroxylation sites is 2. The summed E-state index contributed by atoms with van der Waals surface area (Å²) in [6, 6.07) is 29.9. The molecular weight excluding hydrogens is 585 g/mol. The first kappa shape index (κ1) is 31.1. The van der Waals surface area contributed by atoms with Crippen LogP contribution < -0.4 is 16.0 Å². The molecule has 0 bridgehead atoms.